The van der Waals surface area contributed by atoms with Crippen LogP contribution in [0, 0.1) is 0 Å². The largest absolute Gasteiger partial charge is 0.339 e. The number of carbonyl (C=O) groups excluding carboxylic acids is 1. The lowest BCUT2D eigenvalue weighted by atomic mass is 10.1. The molecule has 0 bridgehead atoms. The van der Waals surface area contributed by atoms with Crippen LogP contribution >= 0.6 is 11.3 Å². The molecule has 1 aliphatic heterocycles. The van der Waals surface area contributed by atoms with E-state index in [-0.39, 0.29) is 11.9 Å². The quantitative estimate of drug-likeness (QED) is 0.865. The van der Waals surface area contributed by atoms with E-state index >= 15 is 0 Å². The van der Waals surface area contributed by atoms with Crippen LogP contribution in [-0.4, -0.2) is 25.5 Å². The van der Waals surface area contributed by atoms with Crippen molar-refractivity contribution in [3.05, 3.63) is 58.3 Å². The van der Waals surface area contributed by atoms with Crippen LogP contribution in [0.1, 0.15) is 29.3 Å². The van der Waals surface area contributed by atoms with E-state index in [9.17, 15) is 4.79 Å². The zero-order valence-electron chi connectivity index (χ0n) is 12.0. The third-order valence-electron chi connectivity index (χ3n) is 3.99. The average Bonchev–Trinajstić information content (AvgIpc) is 3.19. The number of likely N-dealkylation sites (tertiary alicyclic amines) is 1. The molecule has 0 aliphatic carbocycles. The molecule has 1 saturated heterocycles. The highest BCUT2D eigenvalue weighted by molar-refractivity contribution is 7.10. The molecule has 4 heteroatoms. The van der Waals surface area contributed by atoms with Crippen molar-refractivity contribution < 1.29 is 9.69 Å². The van der Waals surface area contributed by atoms with E-state index < -0.39 is 0 Å². The topological polar surface area (TPSA) is 33.5 Å². The number of benzene rings is 1. The first-order valence-electron chi connectivity index (χ1n) is 7.54. The lowest BCUT2D eigenvalue weighted by Crippen LogP contribution is -3.11. The highest BCUT2D eigenvalue weighted by Crippen LogP contribution is 2.25. The molecule has 21 heavy (non-hydrogen) atoms. The van der Waals surface area contributed by atoms with E-state index in [1.165, 1.54) is 22.6 Å². The number of nitrogens with one attached hydrogen (secondary N) is 2. The maximum atomic E-state index is 12.4. The maximum Gasteiger partial charge on any atom is 0.275 e. The standard InChI is InChI=1S/C17H20N2OS/c20-16(13-19-10-4-5-11-19)18-17(15-9-6-12-21-15)14-7-2-1-3-8-14/h1-3,6-9,12,17H,4-5,10-11,13H2,(H,18,20)/p+1/t17-/m1/s1. The van der Waals surface area contributed by atoms with Gasteiger partial charge in [-0.1, -0.05) is 36.4 Å². The van der Waals surface area contributed by atoms with Crippen LogP contribution < -0.4 is 10.2 Å². The molecule has 1 fully saturated rings. The second kappa shape index (κ2) is 6.87. The van der Waals surface area contributed by atoms with Crippen LogP contribution in [0.2, 0.25) is 0 Å². The summed E-state index contributed by atoms with van der Waals surface area (Å²) in [6.07, 6.45) is 2.49. The third kappa shape index (κ3) is 3.71. The van der Waals surface area contributed by atoms with E-state index in [0.29, 0.717) is 6.54 Å². The minimum atomic E-state index is -0.0271. The minimum Gasteiger partial charge on any atom is -0.339 e. The SMILES string of the molecule is O=C(C[NH+]1CCCC1)N[C@H](c1ccccc1)c1cccs1. The zero-order chi connectivity index (χ0) is 14.5. The molecule has 1 aromatic carbocycles. The van der Waals surface area contributed by atoms with E-state index in [4.69, 9.17) is 0 Å². The highest BCUT2D eigenvalue weighted by atomic mass is 32.1. The van der Waals surface area contributed by atoms with Gasteiger partial charge in [0.15, 0.2) is 6.54 Å². The fourth-order valence-electron chi connectivity index (χ4n) is 2.91. The van der Waals surface area contributed by atoms with Crippen LogP contribution in [-0.2, 0) is 4.79 Å². The Hall–Kier alpha value is -1.65. The molecule has 3 rings (SSSR count). The van der Waals surface area contributed by atoms with E-state index in [1.54, 1.807) is 11.3 Å². The van der Waals surface area contributed by atoms with Crippen LogP contribution in [0.5, 0.6) is 0 Å². The summed E-state index contributed by atoms with van der Waals surface area (Å²) in [6, 6.07) is 14.3. The zero-order valence-corrected chi connectivity index (χ0v) is 12.9. The average molecular weight is 301 g/mol. The second-order valence-electron chi connectivity index (χ2n) is 5.56. The summed E-state index contributed by atoms with van der Waals surface area (Å²) in [4.78, 5) is 14.9. The van der Waals surface area contributed by atoms with Crippen molar-refractivity contribution in [3.8, 4) is 0 Å². The normalized spacial score (nSPS) is 16.8. The van der Waals surface area contributed by atoms with Crippen LogP contribution in [0.15, 0.2) is 47.8 Å². The molecular formula is C17H21N2OS+. The first kappa shape index (κ1) is 14.3. The van der Waals surface area contributed by atoms with Crippen molar-refractivity contribution in [1.29, 1.82) is 0 Å². The molecule has 1 atom stereocenters. The number of hydrogen-bond acceptors (Lipinski definition) is 2. The van der Waals surface area contributed by atoms with Crippen molar-refractivity contribution in [2.75, 3.05) is 19.6 Å². The van der Waals surface area contributed by atoms with Crippen LogP contribution in [0.3, 0.4) is 0 Å². The van der Waals surface area contributed by atoms with Gasteiger partial charge in [0.05, 0.1) is 19.1 Å². The number of carbonyl (C=O) groups is 1. The Labute approximate surface area is 129 Å². The Bertz CT molecular complexity index is 562. The van der Waals surface area contributed by atoms with E-state index in [1.807, 2.05) is 24.3 Å². The van der Waals surface area contributed by atoms with Crippen LogP contribution in [0.4, 0.5) is 0 Å². The summed E-state index contributed by atoms with van der Waals surface area (Å²) in [7, 11) is 0. The Morgan fingerprint density at radius 2 is 1.90 bits per heavy atom. The summed E-state index contributed by atoms with van der Waals surface area (Å²) in [5.41, 5.74) is 1.14. The summed E-state index contributed by atoms with van der Waals surface area (Å²) >= 11 is 1.69. The predicted octanol–water partition coefficient (Wildman–Crippen LogP) is 1.63. The molecule has 2 N–H and O–H groups in total. The van der Waals surface area contributed by atoms with Gasteiger partial charge in [0, 0.05) is 17.7 Å². The molecule has 1 amide bonds. The molecule has 0 spiro atoms. The van der Waals surface area contributed by atoms with Gasteiger partial charge in [-0.25, -0.2) is 0 Å². The first-order chi connectivity index (χ1) is 10.3. The van der Waals surface area contributed by atoms with Gasteiger partial charge in [0.25, 0.3) is 5.91 Å². The summed E-state index contributed by atoms with van der Waals surface area (Å²) < 4.78 is 0. The molecule has 2 aromatic rings. The van der Waals surface area contributed by atoms with Gasteiger partial charge < -0.3 is 10.2 Å². The van der Waals surface area contributed by atoms with E-state index in [2.05, 4.69) is 28.9 Å². The molecule has 3 nitrogen and oxygen atoms in total. The summed E-state index contributed by atoms with van der Waals surface area (Å²) in [5, 5.41) is 5.27. The Kier molecular flexibility index (Phi) is 4.68. The summed E-state index contributed by atoms with van der Waals surface area (Å²) in [5.74, 6) is 0.147. The van der Waals surface area contributed by atoms with Gasteiger partial charge in [-0.3, -0.25) is 4.79 Å². The Morgan fingerprint density at radius 3 is 2.57 bits per heavy atom. The number of rotatable bonds is 5. The second-order valence-corrected chi connectivity index (χ2v) is 6.54. The van der Waals surface area contributed by atoms with E-state index in [0.717, 1.165) is 18.7 Å². The summed E-state index contributed by atoms with van der Waals surface area (Å²) in [6.45, 7) is 2.85. The van der Waals surface area contributed by atoms with Crippen molar-refractivity contribution >= 4 is 17.2 Å². The lowest BCUT2D eigenvalue weighted by Gasteiger charge is -2.19. The van der Waals surface area contributed by atoms with Gasteiger partial charge in [0.2, 0.25) is 0 Å². The number of quaternary nitrogens is 1. The fraction of sp³-hybridized carbons (Fsp3) is 0.353. The highest BCUT2D eigenvalue weighted by Gasteiger charge is 2.22. The van der Waals surface area contributed by atoms with Crippen LogP contribution in [0.25, 0.3) is 0 Å². The van der Waals surface area contributed by atoms with Gasteiger partial charge in [0.1, 0.15) is 0 Å². The molecule has 0 radical (unpaired) electrons. The Morgan fingerprint density at radius 1 is 1.14 bits per heavy atom. The molecule has 1 aliphatic rings. The Balaban J connectivity index is 1.72. The number of hydrogen-bond donors (Lipinski definition) is 2. The van der Waals surface area contributed by atoms with Gasteiger partial charge in [-0.05, 0) is 17.0 Å². The van der Waals surface area contributed by atoms with Crippen molar-refractivity contribution in [1.82, 2.24) is 5.32 Å². The first-order valence-corrected chi connectivity index (χ1v) is 8.42. The molecule has 0 unspecified atom stereocenters. The minimum absolute atomic E-state index is 0.0271. The molecular weight excluding hydrogens is 280 g/mol. The van der Waals surface area contributed by atoms with Crippen molar-refractivity contribution in [2.24, 2.45) is 0 Å². The third-order valence-corrected chi connectivity index (χ3v) is 4.92. The van der Waals surface area contributed by atoms with Gasteiger partial charge >= 0.3 is 0 Å². The maximum absolute atomic E-state index is 12.4. The van der Waals surface area contributed by atoms with Gasteiger partial charge in [-0.2, -0.15) is 0 Å². The fourth-order valence-corrected chi connectivity index (χ4v) is 3.71. The monoisotopic (exact) mass is 301 g/mol. The molecule has 1 aromatic heterocycles. The molecule has 110 valence electrons. The van der Waals surface area contributed by atoms with Crippen molar-refractivity contribution in [3.63, 3.8) is 0 Å². The van der Waals surface area contributed by atoms with Gasteiger partial charge in [-0.15, -0.1) is 11.3 Å². The molecule has 0 saturated carbocycles. The number of amides is 1. The lowest BCUT2D eigenvalue weighted by molar-refractivity contribution is -0.879. The number of thiophene rings is 1. The predicted molar refractivity (Wildman–Crippen MR) is 85.5 cm³/mol. The van der Waals surface area contributed by atoms with Crippen molar-refractivity contribution in [2.45, 2.75) is 18.9 Å². The molecule has 2 heterocycles. The smallest absolute Gasteiger partial charge is 0.275 e.